The fraction of sp³-hybridized carbons (Fsp3) is 0.250. The van der Waals surface area contributed by atoms with Crippen LogP contribution in [0.1, 0.15) is 18.9 Å². The van der Waals surface area contributed by atoms with E-state index in [1.54, 1.807) is 31.2 Å². The summed E-state index contributed by atoms with van der Waals surface area (Å²) in [5.41, 5.74) is 0.852. The maximum atomic E-state index is 12.5. The van der Waals surface area contributed by atoms with Crippen molar-refractivity contribution in [2.45, 2.75) is 19.5 Å². The van der Waals surface area contributed by atoms with E-state index in [9.17, 15) is 21.6 Å². The number of hydrogen-bond acceptors (Lipinski definition) is 3. The van der Waals surface area contributed by atoms with Gasteiger partial charge in [-0.15, -0.1) is 0 Å². The second-order valence-corrected chi connectivity index (χ2v) is 7.04. The highest BCUT2D eigenvalue weighted by Gasteiger charge is 2.29. The van der Waals surface area contributed by atoms with Gasteiger partial charge in [0.05, 0.1) is 11.3 Å². The van der Waals surface area contributed by atoms with Crippen molar-refractivity contribution in [3.8, 4) is 0 Å². The fourth-order valence-corrected chi connectivity index (χ4v) is 3.16. The minimum absolute atomic E-state index is 0.0402. The van der Waals surface area contributed by atoms with E-state index in [2.05, 4.69) is 10.0 Å². The number of hydrogen-bond donors (Lipinski definition) is 2. The summed E-state index contributed by atoms with van der Waals surface area (Å²) in [6.45, 7) is 1.77. The van der Waals surface area contributed by atoms with Gasteiger partial charge in [-0.1, -0.05) is 6.92 Å². The predicted octanol–water partition coefficient (Wildman–Crippen LogP) is 4.60. The van der Waals surface area contributed by atoms with Gasteiger partial charge in [0.1, 0.15) is 0 Å². The molecule has 2 rings (SSSR count). The summed E-state index contributed by atoms with van der Waals surface area (Å²) in [7, 11) is -3.35. The summed E-state index contributed by atoms with van der Waals surface area (Å²) in [6.07, 6.45) is -3.85. The minimum atomic E-state index is -4.37. The van der Waals surface area contributed by atoms with E-state index in [1.807, 2.05) is 0 Å². The van der Waals surface area contributed by atoms with Crippen LogP contribution in [-0.2, 0) is 16.2 Å². The van der Waals surface area contributed by atoms with Gasteiger partial charge < -0.3 is 5.32 Å². The third-order valence-corrected chi connectivity index (χ3v) is 4.62. The second-order valence-electron chi connectivity index (χ2n) is 5.20. The molecule has 0 fully saturated rings. The number of alkyl halides is 3. The Hall–Kier alpha value is -2.22. The summed E-state index contributed by atoms with van der Waals surface area (Å²) in [5.74, 6) is 0.0402. The number of rotatable bonds is 6. The Labute approximate surface area is 138 Å². The van der Waals surface area contributed by atoms with Crippen LogP contribution in [0.3, 0.4) is 0 Å². The summed E-state index contributed by atoms with van der Waals surface area (Å²) >= 11 is 0. The van der Waals surface area contributed by atoms with Crippen LogP contribution in [0.25, 0.3) is 0 Å². The molecule has 2 aromatic carbocycles. The smallest absolute Gasteiger partial charge is 0.356 e. The number of anilines is 3. The first-order chi connectivity index (χ1) is 11.2. The van der Waals surface area contributed by atoms with E-state index in [4.69, 9.17) is 0 Å². The summed E-state index contributed by atoms with van der Waals surface area (Å²) in [4.78, 5) is 0. The topological polar surface area (TPSA) is 58.2 Å². The van der Waals surface area contributed by atoms with E-state index in [1.165, 1.54) is 12.1 Å². The lowest BCUT2D eigenvalue weighted by molar-refractivity contribution is -0.137. The first kappa shape index (κ1) is 18.1. The largest absolute Gasteiger partial charge is 0.416 e. The zero-order valence-electron chi connectivity index (χ0n) is 12.9. The molecule has 0 atom stereocenters. The summed E-state index contributed by atoms with van der Waals surface area (Å²) in [6, 6.07) is 11.1. The van der Waals surface area contributed by atoms with Crippen LogP contribution >= 0.6 is 0 Å². The van der Waals surface area contributed by atoms with Crippen molar-refractivity contribution in [1.29, 1.82) is 0 Å². The lowest BCUT2D eigenvalue weighted by Crippen LogP contribution is -2.15. The average molecular weight is 358 g/mol. The Kier molecular flexibility index (Phi) is 5.38. The van der Waals surface area contributed by atoms with Crippen molar-refractivity contribution >= 4 is 27.1 Å². The number of sulfonamides is 1. The maximum Gasteiger partial charge on any atom is 0.416 e. The standard InChI is InChI=1S/C16H17F3N2O2S/c1-2-11-24(22,23)21-15-9-7-14(8-10-15)20-13-5-3-12(4-6-13)16(17,18)19/h3-10,20-21H,2,11H2,1H3. The number of benzene rings is 2. The van der Waals surface area contributed by atoms with E-state index >= 15 is 0 Å². The number of nitrogens with one attached hydrogen (secondary N) is 2. The first-order valence-corrected chi connectivity index (χ1v) is 8.90. The molecule has 0 aliphatic rings. The fourth-order valence-electron chi connectivity index (χ4n) is 2.03. The van der Waals surface area contributed by atoms with Crippen LogP contribution in [-0.4, -0.2) is 14.2 Å². The predicted molar refractivity (Wildman–Crippen MR) is 88.9 cm³/mol. The Bertz CT molecular complexity index is 770. The summed E-state index contributed by atoms with van der Waals surface area (Å²) < 4.78 is 63.3. The van der Waals surface area contributed by atoms with Crippen molar-refractivity contribution in [2.24, 2.45) is 0 Å². The molecule has 8 heteroatoms. The molecule has 2 N–H and O–H groups in total. The summed E-state index contributed by atoms with van der Waals surface area (Å²) in [5, 5.41) is 2.95. The van der Waals surface area contributed by atoms with Crippen molar-refractivity contribution in [2.75, 3.05) is 15.8 Å². The van der Waals surface area contributed by atoms with E-state index in [-0.39, 0.29) is 5.75 Å². The minimum Gasteiger partial charge on any atom is -0.356 e. The molecule has 0 aromatic heterocycles. The zero-order chi connectivity index (χ0) is 17.8. The van der Waals surface area contributed by atoms with Crippen LogP contribution in [0.2, 0.25) is 0 Å². The van der Waals surface area contributed by atoms with Gasteiger partial charge in [0, 0.05) is 17.1 Å². The third-order valence-electron chi connectivity index (χ3n) is 3.13. The third kappa shape index (κ3) is 5.16. The van der Waals surface area contributed by atoms with Crippen LogP contribution in [0.4, 0.5) is 30.2 Å². The van der Waals surface area contributed by atoms with Crippen LogP contribution < -0.4 is 10.0 Å². The van der Waals surface area contributed by atoms with Gasteiger partial charge in [-0.3, -0.25) is 4.72 Å². The van der Waals surface area contributed by atoms with E-state index < -0.39 is 21.8 Å². The molecule has 0 saturated carbocycles. The molecular formula is C16H17F3N2O2S. The lowest BCUT2D eigenvalue weighted by Gasteiger charge is -2.11. The SMILES string of the molecule is CCCS(=O)(=O)Nc1ccc(Nc2ccc(C(F)(F)F)cc2)cc1. The molecule has 0 bridgehead atoms. The highest BCUT2D eigenvalue weighted by molar-refractivity contribution is 7.92. The van der Waals surface area contributed by atoms with Crippen LogP contribution in [0.15, 0.2) is 48.5 Å². The van der Waals surface area contributed by atoms with Crippen molar-refractivity contribution in [3.05, 3.63) is 54.1 Å². The molecule has 0 spiro atoms. The highest BCUT2D eigenvalue weighted by Crippen LogP contribution is 2.30. The molecule has 0 aliphatic heterocycles. The monoisotopic (exact) mass is 358 g/mol. The first-order valence-electron chi connectivity index (χ1n) is 7.24. The Morgan fingerprint density at radius 1 is 0.875 bits per heavy atom. The van der Waals surface area contributed by atoms with Gasteiger partial charge in [-0.25, -0.2) is 8.42 Å². The highest BCUT2D eigenvalue weighted by atomic mass is 32.2. The van der Waals surface area contributed by atoms with Gasteiger partial charge in [0.2, 0.25) is 10.0 Å². The van der Waals surface area contributed by atoms with Crippen molar-refractivity contribution in [1.82, 2.24) is 0 Å². The van der Waals surface area contributed by atoms with E-state index in [0.717, 1.165) is 12.1 Å². The maximum absolute atomic E-state index is 12.5. The van der Waals surface area contributed by atoms with Crippen LogP contribution in [0.5, 0.6) is 0 Å². The van der Waals surface area contributed by atoms with E-state index in [0.29, 0.717) is 23.5 Å². The molecule has 0 amide bonds. The van der Waals surface area contributed by atoms with Crippen LogP contribution in [0, 0.1) is 0 Å². The number of halogens is 3. The van der Waals surface area contributed by atoms with Crippen molar-refractivity contribution in [3.63, 3.8) is 0 Å². The quantitative estimate of drug-likeness (QED) is 0.793. The van der Waals surface area contributed by atoms with Gasteiger partial charge in [-0.2, -0.15) is 13.2 Å². The molecule has 0 saturated heterocycles. The normalized spacial score (nSPS) is 12.0. The Balaban J connectivity index is 2.04. The Morgan fingerprint density at radius 3 is 1.79 bits per heavy atom. The molecule has 24 heavy (non-hydrogen) atoms. The van der Waals surface area contributed by atoms with Gasteiger partial charge in [0.25, 0.3) is 0 Å². The molecule has 2 aromatic rings. The zero-order valence-corrected chi connectivity index (χ0v) is 13.7. The van der Waals surface area contributed by atoms with Crippen molar-refractivity contribution < 1.29 is 21.6 Å². The molecule has 0 heterocycles. The van der Waals surface area contributed by atoms with Gasteiger partial charge >= 0.3 is 6.18 Å². The molecule has 0 unspecified atom stereocenters. The molecule has 4 nitrogen and oxygen atoms in total. The average Bonchev–Trinajstić information content (AvgIpc) is 2.48. The molecular weight excluding hydrogens is 341 g/mol. The van der Waals surface area contributed by atoms with Gasteiger partial charge in [-0.05, 0) is 55.0 Å². The lowest BCUT2D eigenvalue weighted by atomic mass is 10.2. The molecule has 0 radical (unpaired) electrons. The van der Waals surface area contributed by atoms with Gasteiger partial charge in [0.15, 0.2) is 0 Å². The molecule has 0 aliphatic carbocycles. The second kappa shape index (κ2) is 7.12. The molecule has 130 valence electrons. The Morgan fingerprint density at radius 2 is 1.33 bits per heavy atom.